The Morgan fingerprint density at radius 1 is 1.00 bits per heavy atom. The zero-order valence-corrected chi connectivity index (χ0v) is 13.0. The Morgan fingerprint density at radius 2 is 1.60 bits per heavy atom. The molecular formula is C17H28N2O. The fraction of sp³-hybridized carbons (Fsp3) is 0.647. The highest BCUT2D eigenvalue weighted by Gasteiger charge is 2.21. The van der Waals surface area contributed by atoms with E-state index in [9.17, 15) is 5.11 Å². The van der Waals surface area contributed by atoms with Gasteiger partial charge in [0.25, 0.3) is 0 Å². The minimum atomic E-state index is 0.351. The molecule has 3 heteroatoms. The van der Waals surface area contributed by atoms with Crippen molar-refractivity contribution in [3.63, 3.8) is 0 Å². The van der Waals surface area contributed by atoms with E-state index < -0.39 is 0 Å². The summed E-state index contributed by atoms with van der Waals surface area (Å²) in [6.07, 6.45) is 1.06. The highest BCUT2D eigenvalue weighted by Crippen LogP contribution is 2.15. The molecule has 1 aromatic carbocycles. The van der Waals surface area contributed by atoms with Crippen LogP contribution in [0.4, 0.5) is 0 Å². The summed E-state index contributed by atoms with van der Waals surface area (Å²) in [4.78, 5) is 5.16. The molecule has 1 N–H and O–H groups in total. The second-order valence-electron chi connectivity index (χ2n) is 6.45. The normalized spacial score (nSPS) is 19.4. The quantitative estimate of drug-likeness (QED) is 0.895. The molecule has 0 spiro atoms. The van der Waals surface area contributed by atoms with Crippen molar-refractivity contribution in [3.8, 4) is 5.75 Å². The molecule has 0 aliphatic carbocycles. The van der Waals surface area contributed by atoms with Crippen LogP contribution in [0.1, 0.15) is 26.3 Å². The summed E-state index contributed by atoms with van der Waals surface area (Å²) in [5, 5.41) is 9.32. The number of nitrogens with zero attached hydrogens (tertiary/aromatic N) is 2. The van der Waals surface area contributed by atoms with Gasteiger partial charge in [-0.15, -0.1) is 0 Å². The third-order valence-electron chi connectivity index (χ3n) is 4.12. The van der Waals surface area contributed by atoms with Crippen LogP contribution in [0.25, 0.3) is 0 Å². The third-order valence-corrected chi connectivity index (χ3v) is 4.12. The van der Waals surface area contributed by atoms with Crippen molar-refractivity contribution in [1.29, 1.82) is 0 Å². The molecule has 1 aromatic rings. The van der Waals surface area contributed by atoms with E-state index in [1.54, 1.807) is 12.1 Å². The fourth-order valence-electron chi connectivity index (χ4n) is 3.01. The van der Waals surface area contributed by atoms with Crippen LogP contribution in [-0.2, 0) is 6.42 Å². The number of rotatable bonds is 5. The number of benzene rings is 1. The van der Waals surface area contributed by atoms with Crippen LogP contribution in [0, 0.1) is 5.92 Å². The average molecular weight is 276 g/mol. The molecule has 0 saturated carbocycles. The number of hydrogen-bond donors (Lipinski definition) is 1. The first-order chi connectivity index (χ1) is 9.54. The second-order valence-corrected chi connectivity index (χ2v) is 6.45. The van der Waals surface area contributed by atoms with Crippen LogP contribution in [0.15, 0.2) is 24.3 Å². The molecule has 2 rings (SSSR count). The Bertz CT molecular complexity index is 394. The summed E-state index contributed by atoms with van der Waals surface area (Å²) in [5.41, 5.74) is 1.31. The highest BCUT2D eigenvalue weighted by molar-refractivity contribution is 5.26. The van der Waals surface area contributed by atoms with Gasteiger partial charge in [-0.2, -0.15) is 0 Å². The van der Waals surface area contributed by atoms with Gasteiger partial charge in [0.15, 0.2) is 0 Å². The van der Waals surface area contributed by atoms with Gasteiger partial charge in [0.05, 0.1) is 0 Å². The summed E-state index contributed by atoms with van der Waals surface area (Å²) < 4.78 is 0. The third kappa shape index (κ3) is 4.50. The number of phenols is 1. The summed E-state index contributed by atoms with van der Waals surface area (Å²) >= 11 is 0. The van der Waals surface area contributed by atoms with E-state index in [4.69, 9.17) is 0 Å². The Labute approximate surface area is 123 Å². The Morgan fingerprint density at radius 3 is 2.15 bits per heavy atom. The predicted octanol–water partition coefficient (Wildman–Crippen LogP) is 2.60. The lowest BCUT2D eigenvalue weighted by molar-refractivity contribution is 0.0947. The number of hydrogen-bond acceptors (Lipinski definition) is 3. The van der Waals surface area contributed by atoms with Crippen LogP contribution < -0.4 is 0 Å². The van der Waals surface area contributed by atoms with Crippen molar-refractivity contribution in [2.45, 2.75) is 33.2 Å². The van der Waals surface area contributed by atoms with Gasteiger partial charge in [-0.3, -0.25) is 4.90 Å². The fourth-order valence-corrected chi connectivity index (χ4v) is 3.01. The zero-order chi connectivity index (χ0) is 14.5. The summed E-state index contributed by atoms with van der Waals surface area (Å²) in [7, 11) is 0. The van der Waals surface area contributed by atoms with Gasteiger partial charge in [-0.25, -0.2) is 0 Å². The molecule has 1 unspecified atom stereocenters. The van der Waals surface area contributed by atoms with Crippen molar-refractivity contribution in [2.75, 3.05) is 32.7 Å². The van der Waals surface area contributed by atoms with Gasteiger partial charge in [0, 0.05) is 38.8 Å². The van der Waals surface area contributed by atoms with Gasteiger partial charge in [-0.1, -0.05) is 26.0 Å². The minimum absolute atomic E-state index is 0.351. The molecule has 20 heavy (non-hydrogen) atoms. The largest absolute Gasteiger partial charge is 0.508 e. The molecule has 1 aliphatic heterocycles. The predicted molar refractivity (Wildman–Crippen MR) is 84.1 cm³/mol. The maximum absolute atomic E-state index is 9.32. The molecule has 1 heterocycles. The molecule has 1 aliphatic rings. The molecule has 0 aromatic heterocycles. The molecule has 3 nitrogen and oxygen atoms in total. The lowest BCUT2D eigenvalue weighted by Crippen LogP contribution is -2.50. The van der Waals surface area contributed by atoms with E-state index in [0.717, 1.165) is 12.3 Å². The van der Waals surface area contributed by atoms with Gasteiger partial charge in [-0.05, 0) is 37.0 Å². The zero-order valence-electron chi connectivity index (χ0n) is 13.0. The number of piperazine rings is 1. The first-order valence-electron chi connectivity index (χ1n) is 7.79. The molecule has 1 atom stereocenters. The molecule has 0 bridgehead atoms. The lowest BCUT2D eigenvalue weighted by Gasteiger charge is -2.38. The van der Waals surface area contributed by atoms with E-state index in [0.29, 0.717) is 11.8 Å². The monoisotopic (exact) mass is 276 g/mol. The van der Waals surface area contributed by atoms with E-state index in [1.807, 2.05) is 12.1 Å². The van der Waals surface area contributed by atoms with Gasteiger partial charge in [0.2, 0.25) is 0 Å². The Kier molecular flexibility index (Phi) is 5.44. The smallest absolute Gasteiger partial charge is 0.115 e. The Hall–Kier alpha value is -1.06. The SMILES string of the molecule is CC(C)CN1CCN(C(C)Cc2ccc(O)cc2)CC1. The first kappa shape index (κ1) is 15.3. The Balaban J connectivity index is 1.79. The lowest BCUT2D eigenvalue weighted by atomic mass is 10.0. The first-order valence-corrected chi connectivity index (χ1v) is 7.79. The van der Waals surface area contributed by atoms with Crippen LogP contribution in [0.2, 0.25) is 0 Å². The van der Waals surface area contributed by atoms with Crippen LogP contribution in [0.5, 0.6) is 5.75 Å². The van der Waals surface area contributed by atoms with Crippen LogP contribution in [-0.4, -0.2) is 53.7 Å². The van der Waals surface area contributed by atoms with E-state index in [-0.39, 0.29) is 0 Å². The molecule has 1 saturated heterocycles. The van der Waals surface area contributed by atoms with Gasteiger partial charge in [0.1, 0.15) is 5.75 Å². The van der Waals surface area contributed by atoms with Crippen molar-refractivity contribution in [3.05, 3.63) is 29.8 Å². The van der Waals surface area contributed by atoms with Crippen molar-refractivity contribution >= 4 is 0 Å². The van der Waals surface area contributed by atoms with Crippen molar-refractivity contribution in [1.82, 2.24) is 9.80 Å². The molecular weight excluding hydrogens is 248 g/mol. The topological polar surface area (TPSA) is 26.7 Å². The highest BCUT2D eigenvalue weighted by atomic mass is 16.3. The van der Waals surface area contributed by atoms with Gasteiger partial charge >= 0.3 is 0 Å². The van der Waals surface area contributed by atoms with E-state index >= 15 is 0 Å². The van der Waals surface area contributed by atoms with E-state index in [1.165, 1.54) is 38.3 Å². The standard InChI is InChI=1S/C17H28N2O/c1-14(2)13-18-8-10-19(11-9-18)15(3)12-16-4-6-17(20)7-5-16/h4-7,14-15,20H,8-13H2,1-3H3. The molecule has 1 fully saturated rings. The summed E-state index contributed by atoms with van der Waals surface area (Å²) in [6, 6.07) is 8.19. The summed E-state index contributed by atoms with van der Waals surface area (Å²) in [5.74, 6) is 1.11. The van der Waals surface area contributed by atoms with Crippen LogP contribution >= 0.6 is 0 Å². The maximum atomic E-state index is 9.32. The second kappa shape index (κ2) is 7.09. The van der Waals surface area contributed by atoms with Crippen LogP contribution in [0.3, 0.4) is 0 Å². The minimum Gasteiger partial charge on any atom is -0.508 e. The summed E-state index contributed by atoms with van der Waals surface area (Å²) in [6.45, 7) is 12.8. The molecule has 0 amide bonds. The number of phenolic OH excluding ortho intramolecular Hbond substituents is 1. The van der Waals surface area contributed by atoms with E-state index in [2.05, 4.69) is 30.6 Å². The van der Waals surface area contributed by atoms with Gasteiger partial charge < -0.3 is 10.0 Å². The van der Waals surface area contributed by atoms with Crippen molar-refractivity contribution < 1.29 is 5.11 Å². The van der Waals surface area contributed by atoms with Crippen molar-refractivity contribution in [2.24, 2.45) is 5.92 Å². The molecule has 0 radical (unpaired) electrons. The average Bonchev–Trinajstić information content (AvgIpc) is 2.41. The number of aromatic hydroxyl groups is 1. The molecule has 112 valence electrons. The maximum Gasteiger partial charge on any atom is 0.115 e.